The third kappa shape index (κ3) is 4.47. The van der Waals surface area contributed by atoms with E-state index in [1.807, 2.05) is 80.6 Å². The van der Waals surface area contributed by atoms with Crippen LogP contribution in [0.2, 0.25) is 0 Å². The Morgan fingerprint density at radius 1 is 0.852 bits per heavy atom. The lowest BCUT2D eigenvalue weighted by Crippen LogP contribution is -2.14. The number of amides is 1. The van der Waals surface area contributed by atoms with Crippen LogP contribution in [-0.4, -0.2) is 19.1 Å². The summed E-state index contributed by atoms with van der Waals surface area (Å²) in [5, 5.41) is 2.98. The van der Waals surface area contributed by atoms with Crippen LogP contribution >= 0.6 is 0 Å². The van der Waals surface area contributed by atoms with Crippen LogP contribution in [0.4, 0.5) is 5.69 Å². The Bertz CT molecular complexity index is 907. The third-order valence-electron chi connectivity index (χ3n) is 4.07. The molecule has 4 heteroatoms. The van der Waals surface area contributed by atoms with E-state index in [-0.39, 0.29) is 5.91 Å². The van der Waals surface area contributed by atoms with E-state index in [0.29, 0.717) is 36.0 Å². The fourth-order valence-corrected chi connectivity index (χ4v) is 2.88. The molecule has 138 valence electrons. The Balaban J connectivity index is 1.93. The predicted molar refractivity (Wildman–Crippen MR) is 109 cm³/mol. The van der Waals surface area contributed by atoms with Crippen molar-refractivity contribution in [3.8, 4) is 22.6 Å². The van der Waals surface area contributed by atoms with Gasteiger partial charge in [0.2, 0.25) is 0 Å². The highest BCUT2D eigenvalue weighted by molar-refractivity contribution is 6.09. The molecule has 27 heavy (non-hydrogen) atoms. The first-order valence-corrected chi connectivity index (χ1v) is 9.08. The number of carbonyl (C=O) groups is 1. The molecule has 0 bridgehead atoms. The zero-order valence-corrected chi connectivity index (χ0v) is 15.6. The summed E-state index contributed by atoms with van der Waals surface area (Å²) in [6.45, 7) is 4.90. The largest absolute Gasteiger partial charge is 0.494 e. The second-order valence-electron chi connectivity index (χ2n) is 5.89. The van der Waals surface area contributed by atoms with Gasteiger partial charge in [0.25, 0.3) is 5.91 Å². The van der Waals surface area contributed by atoms with Crippen LogP contribution in [0.15, 0.2) is 72.8 Å². The summed E-state index contributed by atoms with van der Waals surface area (Å²) in [5.41, 5.74) is 3.08. The number of hydrogen-bond donors (Lipinski definition) is 1. The molecule has 3 aromatic carbocycles. The summed E-state index contributed by atoms with van der Waals surface area (Å²) < 4.78 is 11.2. The lowest BCUT2D eigenvalue weighted by Gasteiger charge is -2.15. The van der Waals surface area contributed by atoms with E-state index in [4.69, 9.17) is 9.47 Å². The van der Waals surface area contributed by atoms with Gasteiger partial charge in [-0.2, -0.15) is 0 Å². The molecule has 0 aliphatic carbocycles. The number of carbonyl (C=O) groups excluding carboxylic acids is 1. The Morgan fingerprint density at radius 3 is 2.30 bits per heavy atom. The minimum absolute atomic E-state index is 0.191. The maximum absolute atomic E-state index is 13.0. The van der Waals surface area contributed by atoms with Crippen LogP contribution in [0.3, 0.4) is 0 Å². The Hall–Kier alpha value is -3.27. The standard InChI is InChI=1S/C23H23NO3/c1-3-26-18-14-15-22(27-4-2)21(16-18)24-23(25)20-13-9-8-12-19(20)17-10-6-5-7-11-17/h5-16H,3-4H2,1-2H3,(H,24,25). The lowest BCUT2D eigenvalue weighted by molar-refractivity contribution is 0.102. The quantitative estimate of drug-likeness (QED) is 0.613. The van der Waals surface area contributed by atoms with Crippen LogP contribution in [0.1, 0.15) is 24.2 Å². The van der Waals surface area contributed by atoms with Gasteiger partial charge in [-0.1, -0.05) is 48.5 Å². The monoisotopic (exact) mass is 361 g/mol. The Labute approximate surface area is 159 Å². The van der Waals surface area contributed by atoms with E-state index in [1.54, 1.807) is 6.07 Å². The van der Waals surface area contributed by atoms with Crippen LogP contribution < -0.4 is 14.8 Å². The molecule has 0 aliphatic rings. The van der Waals surface area contributed by atoms with E-state index >= 15 is 0 Å². The second-order valence-corrected chi connectivity index (χ2v) is 5.89. The average molecular weight is 361 g/mol. The van der Waals surface area contributed by atoms with Gasteiger partial charge in [-0.25, -0.2) is 0 Å². The zero-order valence-electron chi connectivity index (χ0n) is 15.6. The van der Waals surface area contributed by atoms with Crippen LogP contribution in [0.5, 0.6) is 11.5 Å². The van der Waals surface area contributed by atoms with Crippen molar-refractivity contribution >= 4 is 11.6 Å². The van der Waals surface area contributed by atoms with Crippen molar-refractivity contribution in [3.63, 3.8) is 0 Å². The molecule has 0 fully saturated rings. The van der Waals surface area contributed by atoms with Gasteiger partial charge in [0.05, 0.1) is 18.9 Å². The molecule has 0 radical (unpaired) electrons. The summed E-state index contributed by atoms with van der Waals surface area (Å²) in [7, 11) is 0. The highest BCUT2D eigenvalue weighted by Crippen LogP contribution is 2.31. The first-order chi connectivity index (χ1) is 13.2. The first kappa shape index (κ1) is 18.5. The van der Waals surface area contributed by atoms with Crippen molar-refractivity contribution in [2.45, 2.75) is 13.8 Å². The Kier molecular flexibility index (Phi) is 6.10. The van der Waals surface area contributed by atoms with Crippen molar-refractivity contribution in [1.82, 2.24) is 0 Å². The minimum atomic E-state index is -0.191. The van der Waals surface area contributed by atoms with E-state index < -0.39 is 0 Å². The molecule has 0 aromatic heterocycles. The number of anilines is 1. The number of benzene rings is 3. The first-order valence-electron chi connectivity index (χ1n) is 9.08. The highest BCUT2D eigenvalue weighted by atomic mass is 16.5. The minimum Gasteiger partial charge on any atom is -0.494 e. The molecule has 1 amide bonds. The van der Waals surface area contributed by atoms with Crippen LogP contribution in [0.25, 0.3) is 11.1 Å². The molecule has 0 spiro atoms. The summed E-state index contributed by atoms with van der Waals surface area (Å²) >= 11 is 0. The third-order valence-corrected chi connectivity index (χ3v) is 4.07. The predicted octanol–water partition coefficient (Wildman–Crippen LogP) is 5.40. The molecular weight excluding hydrogens is 338 g/mol. The van der Waals surface area contributed by atoms with Gasteiger partial charge >= 0.3 is 0 Å². The molecule has 0 saturated heterocycles. The van der Waals surface area contributed by atoms with Crippen LogP contribution in [-0.2, 0) is 0 Å². The van der Waals surface area contributed by atoms with Gasteiger partial charge in [0.15, 0.2) is 0 Å². The van der Waals surface area contributed by atoms with Crippen LogP contribution in [0, 0.1) is 0 Å². The van der Waals surface area contributed by atoms with E-state index in [2.05, 4.69) is 5.32 Å². The number of rotatable bonds is 7. The number of ether oxygens (including phenoxy) is 2. The molecule has 4 nitrogen and oxygen atoms in total. The maximum Gasteiger partial charge on any atom is 0.256 e. The van der Waals surface area contributed by atoms with Gasteiger partial charge < -0.3 is 14.8 Å². The zero-order chi connectivity index (χ0) is 19.1. The van der Waals surface area contributed by atoms with Gasteiger partial charge in [0, 0.05) is 11.6 Å². The van der Waals surface area contributed by atoms with Crippen molar-refractivity contribution in [3.05, 3.63) is 78.4 Å². The number of nitrogens with one attached hydrogen (secondary N) is 1. The fraction of sp³-hybridized carbons (Fsp3) is 0.174. The SMILES string of the molecule is CCOc1ccc(OCC)c(NC(=O)c2ccccc2-c2ccccc2)c1. The molecular formula is C23H23NO3. The molecule has 0 unspecified atom stereocenters. The average Bonchev–Trinajstić information content (AvgIpc) is 2.71. The second kappa shape index (κ2) is 8.90. The lowest BCUT2D eigenvalue weighted by atomic mass is 9.99. The van der Waals surface area contributed by atoms with Gasteiger partial charge in [-0.15, -0.1) is 0 Å². The van der Waals surface area contributed by atoms with Crippen molar-refractivity contribution in [1.29, 1.82) is 0 Å². The molecule has 0 heterocycles. The molecule has 3 rings (SSSR count). The summed E-state index contributed by atoms with van der Waals surface area (Å²) in [6.07, 6.45) is 0. The molecule has 0 aliphatic heterocycles. The fourth-order valence-electron chi connectivity index (χ4n) is 2.88. The van der Waals surface area contributed by atoms with Gasteiger partial charge in [0.1, 0.15) is 11.5 Å². The summed E-state index contributed by atoms with van der Waals surface area (Å²) in [6, 6.07) is 22.9. The molecule has 0 atom stereocenters. The van der Waals surface area contributed by atoms with Crippen molar-refractivity contribution < 1.29 is 14.3 Å². The molecule has 3 aromatic rings. The molecule has 0 saturated carbocycles. The van der Waals surface area contributed by atoms with Gasteiger partial charge in [-0.3, -0.25) is 4.79 Å². The highest BCUT2D eigenvalue weighted by Gasteiger charge is 2.15. The van der Waals surface area contributed by atoms with Gasteiger partial charge in [-0.05, 0) is 43.2 Å². The topological polar surface area (TPSA) is 47.6 Å². The maximum atomic E-state index is 13.0. The Morgan fingerprint density at radius 2 is 1.56 bits per heavy atom. The van der Waals surface area contributed by atoms with Crippen molar-refractivity contribution in [2.24, 2.45) is 0 Å². The summed E-state index contributed by atoms with van der Waals surface area (Å²) in [4.78, 5) is 13.0. The normalized spacial score (nSPS) is 10.3. The van der Waals surface area contributed by atoms with E-state index in [1.165, 1.54) is 0 Å². The van der Waals surface area contributed by atoms with Crippen molar-refractivity contribution in [2.75, 3.05) is 18.5 Å². The van der Waals surface area contributed by atoms with E-state index in [0.717, 1.165) is 11.1 Å². The number of hydrogen-bond acceptors (Lipinski definition) is 3. The van der Waals surface area contributed by atoms with E-state index in [9.17, 15) is 4.79 Å². The smallest absolute Gasteiger partial charge is 0.256 e. The molecule has 1 N–H and O–H groups in total. The summed E-state index contributed by atoms with van der Waals surface area (Å²) in [5.74, 6) is 1.11.